The minimum atomic E-state index is 0.869. The van der Waals surface area contributed by atoms with Crippen molar-refractivity contribution in [1.29, 1.82) is 0 Å². The third kappa shape index (κ3) is 4.14. The van der Waals surface area contributed by atoms with Gasteiger partial charge in [-0.3, -0.25) is 0 Å². The first-order valence-corrected chi connectivity index (χ1v) is 10.3. The lowest BCUT2D eigenvalue weighted by Gasteiger charge is -2.17. The topological polar surface area (TPSA) is 38.2 Å². The molecule has 3 aromatic rings. The van der Waals surface area contributed by atoms with E-state index in [4.69, 9.17) is 4.74 Å². The molecule has 2 heterocycles. The van der Waals surface area contributed by atoms with Gasteiger partial charge in [0.2, 0.25) is 0 Å². The maximum absolute atomic E-state index is 5.26. The van der Waals surface area contributed by atoms with Crippen LogP contribution in [0.25, 0.3) is 21.3 Å². The van der Waals surface area contributed by atoms with Crippen molar-refractivity contribution >= 4 is 33.3 Å². The molecule has 0 aliphatic rings. The largest absolute Gasteiger partial charge is 0.497 e. The Hall–Kier alpha value is -1.63. The van der Waals surface area contributed by atoms with Gasteiger partial charge in [-0.25, -0.2) is 9.97 Å². The van der Waals surface area contributed by atoms with E-state index in [1.807, 2.05) is 23.9 Å². The van der Waals surface area contributed by atoms with Crippen LogP contribution in [0.5, 0.6) is 5.75 Å². The van der Waals surface area contributed by atoms with Crippen molar-refractivity contribution in [2.75, 3.05) is 32.5 Å². The molecule has 0 atom stereocenters. The van der Waals surface area contributed by atoms with Crippen LogP contribution < -0.4 is 4.74 Å². The van der Waals surface area contributed by atoms with Crippen LogP contribution in [0.1, 0.15) is 13.8 Å². The highest BCUT2D eigenvalue weighted by Gasteiger charge is 2.14. The van der Waals surface area contributed by atoms with Gasteiger partial charge in [-0.2, -0.15) is 0 Å². The Morgan fingerprint density at radius 3 is 2.56 bits per heavy atom. The van der Waals surface area contributed by atoms with E-state index >= 15 is 0 Å². The van der Waals surface area contributed by atoms with Crippen LogP contribution >= 0.6 is 23.1 Å². The van der Waals surface area contributed by atoms with E-state index < -0.39 is 0 Å². The van der Waals surface area contributed by atoms with Crippen LogP contribution in [-0.2, 0) is 0 Å². The van der Waals surface area contributed by atoms with Gasteiger partial charge in [-0.1, -0.05) is 26.0 Å². The summed E-state index contributed by atoms with van der Waals surface area (Å²) in [5.74, 6) is 1.90. The Kier molecular flexibility index (Phi) is 6.29. The number of benzene rings is 1. The van der Waals surface area contributed by atoms with Gasteiger partial charge >= 0.3 is 0 Å². The first-order valence-electron chi connectivity index (χ1n) is 8.48. The van der Waals surface area contributed by atoms with Crippen LogP contribution in [0.4, 0.5) is 0 Å². The first-order chi connectivity index (χ1) is 12.3. The van der Waals surface area contributed by atoms with E-state index in [1.165, 1.54) is 16.5 Å². The van der Waals surface area contributed by atoms with Crippen molar-refractivity contribution in [3.63, 3.8) is 0 Å². The summed E-state index contributed by atoms with van der Waals surface area (Å²) in [6, 6.07) is 8.18. The minimum absolute atomic E-state index is 0.869. The second kappa shape index (κ2) is 8.65. The standard InChI is InChI=1S/C19H23N3OS2/c1-4-22(5-2)10-11-24-18-17-16(12-25-19(17)21-13-20-18)14-6-8-15(23-3)9-7-14/h6-9,12-13H,4-5,10-11H2,1-3H3. The summed E-state index contributed by atoms with van der Waals surface area (Å²) in [6.45, 7) is 7.66. The lowest BCUT2D eigenvalue weighted by molar-refractivity contribution is 0.324. The molecule has 0 radical (unpaired) electrons. The van der Waals surface area contributed by atoms with Crippen molar-refractivity contribution in [3.8, 4) is 16.9 Å². The Labute approximate surface area is 157 Å². The maximum atomic E-state index is 5.26. The van der Waals surface area contributed by atoms with E-state index in [0.717, 1.165) is 41.0 Å². The molecule has 0 aliphatic carbocycles. The molecule has 0 fully saturated rings. The smallest absolute Gasteiger partial charge is 0.128 e. The normalized spacial score (nSPS) is 11.4. The number of nitrogens with zero attached hydrogens (tertiary/aromatic N) is 3. The molecule has 0 aliphatic heterocycles. The third-order valence-corrected chi connectivity index (χ3v) is 6.13. The molecule has 0 spiro atoms. The summed E-state index contributed by atoms with van der Waals surface area (Å²) in [4.78, 5) is 12.5. The highest BCUT2D eigenvalue weighted by molar-refractivity contribution is 7.99. The molecule has 4 nitrogen and oxygen atoms in total. The van der Waals surface area contributed by atoms with Crippen LogP contribution in [-0.4, -0.2) is 47.4 Å². The van der Waals surface area contributed by atoms with Crippen molar-refractivity contribution in [1.82, 2.24) is 14.9 Å². The predicted octanol–water partition coefficient (Wildman–Crippen LogP) is 4.80. The number of ether oxygens (including phenoxy) is 1. The second-order valence-electron chi connectivity index (χ2n) is 5.61. The molecule has 0 amide bonds. The number of thiophene rings is 1. The Bertz CT molecular complexity index is 813. The molecule has 25 heavy (non-hydrogen) atoms. The summed E-state index contributed by atoms with van der Waals surface area (Å²) in [5.41, 5.74) is 2.38. The molecular formula is C19H23N3OS2. The molecule has 0 saturated carbocycles. The van der Waals surface area contributed by atoms with Gasteiger partial charge in [0.25, 0.3) is 0 Å². The van der Waals surface area contributed by atoms with Gasteiger partial charge < -0.3 is 9.64 Å². The third-order valence-electron chi connectivity index (χ3n) is 4.28. The van der Waals surface area contributed by atoms with E-state index in [2.05, 4.69) is 46.2 Å². The predicted molar refractivity (Wildman–Crippen MR) is 108 cm³/mol. The van der Waals surface area contributed by atoms with Crippen molar-refractivity contribution in [2.24, 2.45) is 0 Å². The summed E-state index contributed by atoms with van der Waals surface area (Å²) < 4.78 is 5.26. The Morgan fingerprint density at radius 1 is 1.12 bits per heavy atom. The zero-order valence-electron chi connectivity index (χ0n) is 14.9. The molecule has 1 aromatic carbocycles. The first kappa shape index (κ1) is 18.2. The molecule has 0 N–H and O–H groups in total. The van der Waals surface area contributed by atoms with Gasteiger partial charge in [0.05, 0.1) is 12.5 Å². The highest BCUT2D eigenvalue weighted by Crippen LogP contribution is 2.38. The fraction of sp³-hybridized carbons (Fsp3) is 0.368. The Balaban J connectivity index is 1.87. The minimum Gasteiger partial charge on any atom is -0.497 e. The van der Waals surface area contributed by atoms with Crippen LogP contribution in [0.2, 0.25) is 0 Å². The molecule has 0 saturated heterocycles. The van der Waals surface area contributed by atoms with Gasteiger partial charge in [0.15, 0.2) is 0 Å². The number of aromatic nitrogens is 2. The van der Waals surface area contributed by atoms with Crippen molar-refractivity contribution < 1.29 is 4.74 Å². The summed E-state index contributed by atoms with van der Waals surface area (Å²) in [6.07, 6.45) is 1.68. The van der Waals surface area contributed by atoms with E-state index in [9.17, 15) is 0 Å². The average Bonchev–Trinajstić information content (AvgIpc) is 3.10. The highest BCUT2D eigenvalue weighted by atomic mass is 32.2. The zero-order chi connectivity index (χ0) is 17.6. The summed E-state index contributed by atoms with van der Waals surface area (Å²) in [5, 5.41) is 4.42. The summed E-state index contributed by atoms with van der Waals surface area (Å²) >= 11 is 3.49. The van der Waals surface area contributed by atoms with Crippen LogP contribution in [0.15, 0.2) is 41.0 Å². The molecule has 0 unspecified atom stereocenters. The number of hydrogen-bond acceptors (Lipinski definition) is 6. The molecule has 0 bridgehead atoms. The lowest BCUT2D eigenvalue weighted by atomic mass is 10.1. The number of rotatable bonds is 8. The fourth-order valence-corrected chi connectivity index (χ4v) is 4.75. The lowest BCUT2D eigenvalue weighted by Crippen LogP contribution is -2.25. The van der Waals surface area contributed by atoms with Gasteiger partial charge in [0.1, 0.15) is 21.9 Å². The van der Waals surface area contributed by atoms with Gasteiger partial charge in [-0.15, -0.1) is 23.1 Å². The molecular weight excluding hydrogens is 350 g/mol. The van der Waals surface area contributed by atoms with E-state index in [1.54, 1.807) is 24.8 Å². The fourth-order valence-electron chi connectivity index (χ4n) is 2.75. The quantitative estimate of drug-likeness (QED) is 0.419. The van der Waals surface area contributed by atoms with Crippen molar-refractivity contribution in [3.05, 3.63) is 36.0 Å². The number of thioether (sulfide) groups is 1. The Morgan fingerprint density at radius 2 is 1.88 bits per heavy atom. The summed E-state index contributed by atoms with van der Waals surface area (Å²) in [7, 11) is 1.69. The van der Waals surface area contributed by atoms with Crippen LogP contribution in [0.3, 0.4) is 0 Å². The van der Waals surface area contributed by atoms with Crippen LogP contribution in [0, 0.1) is 0 Å². The molecule has 2 aromatic heterocycles. The van der Waals surface area contributed by atoms with Gasteiger partial charge in [-0.05, 0) is 30.8 Å². The zero-order valence-corrected chi connectivity index (χ0v) is 16.5. The SMILES string of the molecule is CCN(CC)CCSc1ncnc2scc(-c3ccc(OC)cc3)c12. The number of hydrogen-bond donors (Lipinski definition) is 0. The number of methoxy groups -OCH3 is 1. The van der Waals surface area contributed by atoms with Gasteiger partial charge in [0, 0.05) is 23.2 Å². The molecule has 3 rings (SSSR count). The molecule has 6 heteroatoms. The second-order valence-corrected chi connectivity index (χ2v) is 7.55. The van der Waals surface area contributed by atoms with E-state index in [0.29, 0.717) is 0 Å². The average molecular weight is 374 g/mol. The maximum Gasteiger partial charge on any atom is 0.128 e. The van der Waals surface area contributed by atoms with E-state index in [-0.39, 0.29) is 0 Å². The number of fused-ring (bicyclic) bond motifs is 1. The van der Waals surface area contributed by atoms with Crippen molar-refractivity contribution in [2.45, 2.75) is 18.9 Å². The monoisotopic (exact) mass is 373 g/mol. The molecule has 132 valence electrons.